The van der Waals surface area contributed by atoms with Gasteiger partial charge in [-0.1, -0.05) is 18.2 Å². The second-order valence-electron chi connectivity index (χ2n) is 7.16. The first-order valence-corrected chi connectivity index (χ1v) is 8.83. The Morgan fingerprint density at radius 3 is 2.38 bits per heavy atom. The highest BCUT2D eigenvalue weighted by Crippen LogP contribution is 2.59. The molecule has 2 N–H and O–H groups in total. The zero-order valence-electron chi connectivity index (χ0n) is 15.3. The zero-order chi connectivity index (χ0) is 20.7. The summed E-state index contributed by atoms with van der Waals surface area (Å²) < 4.78 is 40.7. The van der Waals surface area contributed by atoms with E-state index in [9.17, 15) is 23.8 Å². The fraction of sp³-hybridized carbons (Fsp3) is 0.136. The second-order valence-corrected chi connectivity index (χ2v) is 7.16. The lowest BCUT2D eigenvalue weighted by atomic mass is 9.76. The number of hydrogen-bond donors (Lipinski definition) is 2. The predicted octanol–water partition coefficient (Wildman–Crippen LogP) is 4.56. The summed E-state index contributed by atoms with van der Waals surface area (Å²) in [5, 5.41) is 20.1. The van der Waals surface area contributed by atoms with Crippen LogP contribution in [0.25, 0.3) is 0 Å². The van der Waals surface area contributed by atoms with Gasteiger partial charge in [-0.05, 0) is 37.6 Å². The van der Waals surface area contributed by atoms with Crippen molar-refractivity contribution in [1.82, 2.24) is 0 Å². The highest BCUT2D eigenvalue weighted by atomic mass is 19.1. The van der Waals surface area contributed by atoms with Crippen molar-refractivity contribution in [3.05, 3.63) is 81.4 Å². The molecular formula is C22H14F2O5. The lowest BCUT2D eigenvalue weighted by Gasteiger charge is -2.37. The number of halogens is 2. The number of benzene rings is 3. The molecule has 5 rings (SSSR count). The van der Waals surface area contributed by atoms with E-state index in [1.54, 1.807) is 44.2 Å². The van der Waals surface area contributed by atoms with E-state index in [0.29, 0.717) is 22.3 Å². The van der Waals surface area contributed by atoms with Gasteiger partial charge in [0.2, 0.25) is 5.82 Å². The zero-order valence-corrected chi connectivity index (χ0v) is 15.3. The Morgan fingerprint density at radius 1 is 0.931 bits per heavy atom. The van der Waals surface area contributed by atoms with Gasteiger partial charge < -0.3 is 19.7 Å². The highest BCUT2D eigenvalue weighted by Gasteiger charge is 2.55. The minimum Gasteiger partial charge on any atom is -0.507 e. The number of carbonyl (C=O) groups excluding carboxylic acids is 1. The standard InChI is InChI=1S/C22H14F2O5/c1-9-7-13-19(10(2)17(9)25)28-20-14(8-15(23)18(26)16(20)24)22(13)12-6-4-3-5-11(12)21(27)29-22/h3-8,25-26H,1-2H3. The van der Waals surface area contributed by atoms with Crippen molar-refractivity contribution in [2.45, 2.75) is 19.4 Å². The maximum atomic E-state index is 14.8. The molecule has 29 heavy (non-hydrogen) atoms. The molecule has 7 heteroatoms. The fourth-order valence-electron chi connectivity index (χ4n) is 4.17. The van der Waals surface area contributed by atoms with Crippen molar-refractivity contribution in [2.24, 2.45) is 0 Å². The van der Waals surface area contributed by atoms with Crippen LogP contribution in [0, 0.1) is 25.5 Å². The van der Waals surface area contributed by atoms with Crippen LogP contribution in [0.3, 0.4) is 0 Å². The number of phenols is 2. The SMILES string of the molecule is Cc1cc2c(c(C)c1O)Oc1c(cc(F)c(O)c1F)C21OC(=O)c2ccccc21. The van der Waals surface area contributed by atoms with Crippen molar-refractivity contribution in [1.29, 1.82) is 0 Å². The molecule has 0 saturated carbocycles. The summed E-state index contributed by atoms with van der Waals surface area (Å²) in [5.41, 5.74) is -0.00845. The Hall–Kier alpha value is -3.61. The topological polar surface area (TPSA) is 76.0 Å². The van der Waals surface area contributed by atoms with E-state index in [0.717, 1.165) is 6.07 Å². The Labute approximate surface area is 163 Å². The molecule has 0 aromatic heterocycles. The number of carbonyl (C=O) groups is 1. The molecule has 146 valence electrons. The van der Waals surface area contributed by atoms with Crippen LogP contribution in [0.15, 0.2) is 36.4 Å². The predicted molar refractivity (Wildman–Crippen MR) is 97.4 cm³/mol. The third-order valence-corrected chi connectivity index (χ3v) is 5.56. The summed E-state index contributed by atoms with van der Waals surface area (Å²) in [5.74, 6) is -4.83. The van der Waals surface area contributed by atoms with Crippen molar-refractivity contribution < 1.29 is 33.3 Å². The largest absolute Gasteiger partial charge is 0.507 e. The van der Waals surface area contributed by atoms with Crippen LogP contribution >= 0.6 is 0 Å². The van der Waals surface area contributed by atoms with E-state index in [-0.39, 0.29) is 22.6 Å². The van der Waals surface area contributed by atoms with Gasteiger partial charge in [-0.3, -0.25) is 0 Å². The fourth-order valence-corrected chi connectivity index (χ4v) is 4.17. The third kappa shape index (κ3) is 1.99. The summed E-state index contributed by atoms with van der Waals surface area (Å²) in [6, 6.07) is 9.02. The van der Waals surface area contributed by atoms with E-state index in [2.05, 4.69) is 0 Å². The number of aryl methyl sites for hydroxylation is 1. The van der Waals surface area contributed by atoms with Crippen LogP contribution in [0.4, 0.5) is 8.78 Å². The van der Waals surface area contributed by atoms with E-state index >= 15 is 0 Å². The summed E-state index contributed by atoms with van der Waals surface area (Å²) in [4.78, 5) is 12.7. The van der Waals surface area contributed by atoms with E-state index in [1.807, 2.05) is 0 Å². The van der Waals surface area contributed by atoms with Gasteiger partial charge in [-0.25, -0.2) is 9.18 Å². The molecule has 0 saturated heterocycles. The Kier molecular flexibility index (Phi) is 3.30. The molecule has 0 fully saturated rings. The first kappa shape index (κ1) is 17.5. The molecule has 0 aliphatic carbocycles. The maximum absolute atomic E-state index is 14.8. The summed E-state index contributed by atoms with van der Waals surface area (Å²) in [6.07, 6.45) is 0. The molecular weight excluding hydrogens is 382 g/mol. The van der Waals surface area contributed by atoms with Crippen LogP contribution in [-0.2, 0) is 10.3 Å². The first-order chi connectivity index (χ1) is 13.8. The Bertz CT molecular complexity index is 1190. The number of hydrogen-bond acceptors (Lipinski definition) is 5. The minimum absolute atomic E-state index is 0.0632. The first-order valence-electron chi connectivity index (χ1n) is 8.83. The summed E-state index contributed by atoms with van der Waals surface area (Å²) >= 11 is 0. The van der Waals surface area contributed by atoms with E-state index in [4.69, 9.17) is 9.47 Å². The Balaban J connectivity index is 1.99. The maximum Gasteiger partial charge on any atom is 0.340 e. The number of phenolic OH excluding ortho intramolecular Hbond substituents is 2. The normalized spacial score (nSPS) is 18.7. The van der Waals surface area contributed by atoms with Crippen LogP contribution in [0.1, 0.15) is 38.2 Å². The second kappa shape index (κ2) is 5.47. The molecule has 0 radical (unpaired) electrons. The van der Waals surface area contributed by atoms with Crippen LogP contribution < -0.4 is 4.74 Å². The number of fused-ring (bicyclic) bond motifs is 6. The third-order valence-electron chi connectivity index (χ3n) is 5.56. The lowest BCUT2D eigenvalue weighted by Crippen LogP contribution is -2.34. The van der Waals surface area contributed by atoms with Crippen molar-refractivity contribution in [3.63, 3.8) is 0 Å². The van der Waals surface area contributed by atoms with E-state index in [1.165, 1.54) is 0 Å². The van der Waals surface area contributed by atoms with Gasteiger partial charge in [0.15, 0.2) is 22.9 Å². The number of aromatic hydroxyl groups is 2. The van der Waals surface area contributed by atoms with Crippen molar-refractivity contribution in [2.75, 3.05) is 0 Å². The molecule has 1 atom stereocenters. The smallest absolute Gasteiger partial charge is 0.340 e. The number of esters is 1. The minimum atomic E-state index is -1.69. The van der Waals surface area contributed by atoms with Gasteiger partial charge in [0.05, 0.1) is 11.1 Å². The van der Waals surface area contributed by atoms with Gasteiger partial charge in [-0.2, -0.15) is 4.39 Å². The molecule has 0 amide bonds. The van der Waals surface area contributed by atoms with E-state index < -0.39 is 34.7 Å². The van der Waals surface area contributed by atoms with Gasteiger partial charge in [0.25, 0.3) is 0 Å². The average molecular weight is 396 g/mol. The number of rotatable bonds is 0. The van der Waals surface area contributed by atoms with Crippen LogP contribution in [0.5, 0.6) is 23.0 Å². The van der Waals surface area contributed by atoms with Gasteiger partial charge in [-0.15, -0.1) is 0 Å². The molecule has 2 heterocycles. The summed E-state index contributed by atoms with van der Waals surface area (Å²) in [7, 11) is 0. The molecule has 1 spiro atoms. The molecule has 3 aromatic carbocycles. The lowest BCUT2D eigenvalue weighted by molar-refractivity contribution is 0.0219. The van der Waals surface area contributed by atoms with Crippen molar-refractivity contribution in [3.8, 4) is 23.0 Å². The molecule has 2 aliphatic rings. The molecule has 3 aromatic rings. The van der Waals surface area contributed by atoms with Crippen molar-refractivity contribution >= 4 is 5.97 Å². The molecule has 5 nitrogen and oxygen atoms in total. The van der Waals surface area contributed by atoms with Crippen LogP contribution in [0.2, 0.25) is 0 Å². The summed E-state index contributed by atoms with van der Waals surface area (Å²) in [6.45, 7) is 3.23. The van der Waals surface area contributed by atoms with Gasteiger partial charge in [0, 0.05) is 16.7 Å². The number of ether oxygens (including phenoxy) is 2. The molecule has 1 unspecified atom stereocenters. The van der Waals surface area contributed by atoms with Gasteiger partial charge in [0.1, 0.15) is 11.5 Å². The molecule has 2 aliphatic heterocycles. The Morgan fingerprint density at radius 2 is 1.62 bits per heavy atom. The average Bonchev–Trinajstić information content (AvgIpc) is 3.00. The molecule has 0 bridgehead atoms. The quantitative estimate of drug-likeness (QED) is 0.545. The van der Waals surface area contributed by atoms with Crippen LogP contribution in [-0.4, -0.2) is 16.2 Å². The highest BCUT2D eigenvalue weighted by molar-refractivity contribution is 5.97. The monoisotopic (exact) mass is 396 g/mol. The van der Waals surface area contributed by atoms with Gasteiger partial charge >= 0.3 is 5.97 Å².